The molecule has 1 amide bonds. The average Bonchev–Trinajstić information content (AvgIpc) is 2.47. The Hall–Kier alpha value is -1.59. The standard InChI is InChI=1S/C15H22N2O3.ClH/c1-16-10-11-17-15(19)5-3-4-14(18)12-6-8-13(20-2)9-7-12;/h6-9,16H,3-5,10-11H2,1-2H3,(H,17,19);1H. The zero-order chi connectivity index (χ0) is 14.8. The van der Waals surface area contributed by atoms with Gasteiger partial charge in [0, 0.05) is 31.5 Å². The Morgan fingerprint density at radius 1 is 1.10 bits per heavy atom. The number of nitrogens with one attached hydrogen (secondary N) is 2. The van der Waals surface area contributed by atoms with Crippen LogP contribution in [0.15, 0.2) is 24.3 Å². The van der Waals surface area contributed by atoms with Gasteiger partial charge in [0.25, 0.3) is 0 Å². The highest BCUT2D eigenvalue weighted by Crippen LogP contribution is 2.13. The molecule has 21 heavy (non-hydrogen) atoms. The molecule has 0 radical (unpaired) electrons. The van der Waals surface area contributed by atoms with Crippen molar-refractivity contribution < 1.29 is 14.3 Å². The Kier molecular flexibility index (Phi) is 10.3. The van der Waals surface area contributed by atoms with Crippen LogP contribution in [0.25, 0.3) is 0 Å². The highest BCUT2D eigenvalue weighted by atomic mass is 35.5. The number of hydrogen-bond acceptors (Lipinski definition) is 4. The summed E-state index contributed by atoms with van der Waals surface area (Å²) in [7, 11) is 3.42. The molecule has 0 atom stereocenters. The van der Waals surface area contributed by atoms with E-state index < -0.39 is 0 Å². The molecular weight excluding hydrogens is 292 g/mol. The van der Waals surface area contributed by atoms with Crippen LogP contribution in [0, 0.1) is 0 Å². The van der Waals surface area contributed by atoms with Crippen LogP contribution in [-0.4, -0.2) is 38.9 Å². The molecule has 1 aromatic rings. The Morgan fingerprint density at radius 3 is 2.33 bits per heavy atom. The molecule has 0 bridgehead atoms. The summed E-state index contributed by atoms with van der Waals surface area (Å²) in [6.07, 6.45) is 1.33. The molecule has 0 spiro atoms. The molecule has 1 rings (SSSR count). The number of hydrogen-bond donors (Lipinski definition) is 2. The number of halogens is 1. The largest absolute Gasteiger partial charge is 0.497 e. The fourth-order valence-corrected chi connectivity index (χ4v) is 1.75. The molecule has 0 saturated carbocycles. The summed E-state index contributed by atoms with van der Waals surface area (Å²) in [6, 6.07) is 7.01. The number of benzene rings is 1. The number of amides is 1. The predicted octanol–water partition coefficient (Wildman–Crippen LogP) is 1.81. The first-order chi connectivity index (χ1) is 9.67. The lowest BCUT2D eigenvalue weighted by molar-refractivity contribution is -0.121. The van der Waals surface area contributed by atoms with Crippen LogP contribution in [0.4, 0.5) is 0 Å². The van der Waals surface area contributed by atoms with Crippen molar-refractivity contribution in [2.45, 2.75) is 19.3 Å². The van der Waals surface area contributed by atoms with Gasteiger partial charge >= 0.3 is 0 Å². The molecular formula is C15H23ClN2O3. The second-order valence-corrected chi connectivity index (χ2v) is 4.46. The first-order valence-electron chi connectivity index (χ1n) is 6.76. The zero-order valence-electron chi connectivity index (χ0n) is 12.5. The van der Waals surface area contributed by atoms with Gasteiger partial charge in [0.05, 0.1) is 7.11 Å². The average molecular weight is 315 g/mol. The molecule has 118 valence electrons. The van der Waals surface area contributed by atoms with Gasteiger partial charge in [-0.3, -0.25) is 9.59 Å². The van der Waals surface area contributed by atoms with Crippen molar-refractivity contribution in [1.29, 1.82) is 0 Å². The van der Waals surface area contributed by atoms with E-state index in [9.17, 15) is 9.59 Å². The summed E-state index contributed by atoms with van der Waals surface area (Å²) in [4.78, 5) is 23.4. The van der Waals surface area contributed by atoms with Crippen molar-refractivity contribution in [3.8, 4) is 5.75 Å². The summed E-state index contributed by atoms with van der Waals surface area (Å²) in [5, 5.41) is 5.73. The Balaban J connectivity index is 0.00000400. The summed E-state index contributed by atoms with van der Waals surface area (Å²) in [5.41, 5.74) is 0.654. The maximum Gasteiger partial charge on any atom is 0.220 e. The lowest BCUT2D eigenvalue weighted by Gasteiger charge is -2.05. The number of rotatable bonds is 9. The second-order valence-electron chi connectivity index (χ2n) is 4.46. The van der Waals surface area contributed by atoms with E-state index in [1.54, 1.807) is 31.4 Å². The van der Waals surface area contributed by atoms with E-state index in [0.29, 0.717) is 31.4 Å². The van der Waals surface area contributed by atoms with Crippen LogP contribution in [0.2, 0.25) is 0 Å². The van der Waals surface area contributed by atoms with E-state index in [4.69, 9.17) is 4.74 Å². The molecule has 0 aliphatic rings. The fraction of sp³-hybridized carbons (Fsp3) is 0.467. The van der Waals surface area contributed by atoms with Gasteiger partial charge in [0.1, 0.15) is 5.75 Å². The molecule has 0 unspecified atom stereocenters. The van der Waals surface area contributed by atoms with Crippen LogP contribution >= 0.6 is 12.4 Å². The lowest BCUT2D eigenvalue weighted by Crippen LogP contribution is -2.30. The minimum Gasteiger partial charge on any atom is -0.497 e. The quantitative estimate of drug-likeness (QED) is 0.539. The number of likely N-dealkylation sites (N-methyl/N-ethyl adjacent to an activating group) is 1. The maximum atomic E-state index is 11.9. The predicted molar refractivity (Wildman–Crippen MR) is 85.4 cm³/mol. The molecule has 6 heteroatoms. The SMILES string of the molecule is CNCCNC(=O)CCCC(=O)c1ccc(OC)cc1.Cl. The van der Waals surface area contributed by atoms with Gasteiger partial charge in [-0.2, -0.15) is 0 Å². The molecule has 0 aromatic heterocycles. The smallest absolute Gasteiger partial charge is 0.220 e. The Labute approximate surface area is 131 Å². The highest BCUT2D eigenvalue weighted by Gasteiger charge is 2.07. The van der Waals surface area contributed by atoms with Crippen LogP contribution < -0.4 is 15.4 Å². The van der Waals surface area contributed by atoms with Gasteiger partial charge in [-0.25, -0.2) is 0 Å². The number of carbonyl (C=O) groups is 2. The van der Waals surface area contributed by atoms with Crippen molar-refractivity contribution in [2.75, 3.05) is 27.2 Å². The van der Waals surface area contributed by atoms with E-state index in [1.165, 1.54) is 0 Å². The monoisotopic (exact) mass is 314 g/mol. The number of Topliss-reactive ketones (excluding diaryl/α,β-unsaturated/α-hetero) is 1. The van der Waals surface area contributed by atoms with Gasteiger partial charge in [-0.1, -0.05) is 0 Å². The third-order valence-electron chi connectivity index (χ3n) is 2.92. The molecule has 5 nitrogen and oxygen atoms in total. The fourth-order valence-electron chi connectivity index (χ4n) is 1.75. The van der Waals surface area contributed by atoms with Crippen molar-refractivity contribution in [2.24, 2.45) is 0 Å². The Bertz CT molecular complexity index is 435. The van der Waals surface area contributed by atoms with Gasteiger partial charge in [-0.05, 0) is 37.7 Å². The molecule has 0 fully saturated rings. The second kappa shape index (κ2) is 11.1. The third kappa shape index (κ3) is 7.68. The van der Waals surface area contributed by atoms with E-state index in [-0.39, 0.29) is 24.1 Å². The molecule has 0 aliphatic carbocycles. The van der Waals surface area contributed by atoms with Crippen LogP contribution in [0.1, 0.15) is 29.6 Å². The highest BCUT2D eigenvalue weighted by molar-refractivity contribution is 5.96. The van der Waals surface area contributed by atoms with Gasteiger partial charge in [-0.15, -0.1) is 12.4 Å². The van der Waals surface area contributed by atoms with E-state index in [2.05, 4.69) is 10.6 Å². The minimum absolute atomic E-state index is 0. The Morgan fingerprint density at radius 2 is 1.76 bits per heavy atom. The van der Waals surface area contributed by atoms with Gasteiger partial charge in [0.15, 0.2) is 5.78 Å². The van der Waals surface area contributed by atoms with E-state index >= 15 is 0 Å². The molecule has 0 saturated heterocycles. The summed E-state index contributed by atoms with van der Waals surface area (Å²) < 4.78 is 5.04. The van der Waals surface area contributed by atoms with E-state index in [0.717, 1.165) is 12.3 Å². The first-order valence-corrected chi connectivity index (χ1v) is 6.76. The van der Waals surface area contributed by atoms with Crippen molar-refractivity contribution in [3.05, 3.63) is 29.8 Å². The lowest BCUT2D eigenvalue weighted by atomic mass is 10.1. The number of methoxy groups -OCH3 is 1. The first kappa shape index (κ1) is 19.4. The number of ketones is 1. The van der Waals surface area contributed by atoms with Crippen LogP contribution in [0.3, 0.4) is 0 Å². The summed E-state index contributed by atoms with van der Waals surface area (Å²) in [6.45, 7) is 1.36. The topological polar surface area (TPSA) is 67.4 Å². The van der Waals surface area contributed by atoms with Gasteiger partial charge in [0.2, 0.25) is 5.91 Å². The van der Waals surface area contributed by atoms with Crippen molar-refractivity contribution in [3.63, 3.8) is 0 Å². The molecule has 2 N–H and O–H groups in total. The maximum absolute atomic E-state index is 11.9. The number of ether oxygens (including phenoxy) is 1. The van der Waals surface area contributed by atoms with Crippen LogP contribution in [0.5, 0.6) is 5.75 Å². The zero-order valence-corrected chi connectivity index (χ0v) is 13.3. The van der Waals surface area contributed by atoms with Crippen molar-refractivity contribution >= 4 is 24.1 Å². The summed E-state index contributed by atoms with van der Waals surface area (Å²) in [5.74, 6) is 0.768. The molecule has 0 heterocycles. The normalized spacial score (nSPS) is 9.62. The minimum atomic E-state index is -0.0113. The van der Waals surface area contributed by atoms with Crippen LogP contribution in [-0.2, 0) is 4.79 Å². The van der Waals surface area contributed by atoms with Crippen molar-refractivity contribution in [1.82, 2.24) is 10.6 Å². The molecule has 1 aromatic carbocycles. The third-order valence-corrected chi connectivity index (χ3v) is 2.92. The number of carbonyl (C=O) groups excluding carboxylic acids is 2. The van der Waals surface area contributed by atoms with E-state index in [1.807, 2.05) is 7.05 Å². The molecule has 0 aliphatic heterocycles. The summed E-state index contributed by atoms with van der Waals surface area (Å²) >= 11 is 0. The van der Waals surface area contributed by atoms with Gasteiger partial charge < -0.3 is 15.4 Å².